The average molecular weight is 548 g/mol. The fraction of sp³-hybridized carbons (Fsp3) is 1.00. The van der Waals surface area contributed by atoms with Crippen molar-refractivity contribution in [1.29, 1.82) is 0 Å². The van der Waals surface area contributed by atoms with Gasteiger partial charge in [0.05, 0.1) is 19.3 Å². The van der Waals surface area contributed by atoms with Crippen LogP contribution in [0.5, 0.6) is 0 Å². The average Bonchev–Trinajstić information content (AvgIpc) is 2.93. The van der Waals surface area contributed by atoms with Crippen LogP contribution >= 0.6 is 0 Å². The third-order valence-electron chi connectivity index (χ3n) is 7.38. The summed E-state index contributed by atoms with van der Waals surface area (Å²) in [6.45, 7) is 5.29. The van der Waals surface area contributed by atoms with Gasteiger partial charge in [-0.15, -0.1) is 0 Å². The molecular weight excluding hydrogens is 486 g/mol. The van der Waals surface area contributed by atoms with Crippen LogP contribution in [0.3, 0.4) is 0 Å². The third-order valence-corrected chi connectivity index (χ3v) is 7.38. The second-order valence-corrected chi connectivity index (χ2v) is 10.8. The summed E-state index contributed by atoms with van der Waals surface area (Å²) in [6.07, 6.45) is 15.6. The van der Waals surface area contributed by atoms with Gasteiger partial charge in [-0.1, -0.05) is 90.4 Å². The molecule has 0 bridgehead atoms. The largest absolute Gasteiger partial charge is 0.388 e. The number of rotatable bonds is 26. The van der Waals surface area contributed by atoms with E-state index in [9.17, 15) is 10.2 Å². The zero-order valence-electron chi connectivity index (χ0n) is 24.5. The fourth-order valence-corrected chi connectivity index (χ4v) is 4.74. The van der Waals surface area contributed by atoms with Crippen molar-refractivity contribution < 1.29 is 29.2 Å². The van der Waals surface area contributed by atoms with Gasteiger partial charge >= 0.3 is 0 Å². The van der Waals surface area contributed by atoms with E-state index in [0.29, 0.717) is 32.8 Å². The van der Waals surface area contributed by atoms with Crippen molar-refractivity contribution in [2.45, 2.75) is 140 Å². The van der Waals surface area contributed by atoms with Gasteiger partial charge in [-0.25, -0.2) is 0 Å². The summed E-state index contributed by atoms with van der Waals surface area (Å²) in [5.41, 5.74) is 11.6. The SMILES string of the molecule is CCCCCCCCCCCCCCCCOC[C@H](CO[C@@H]1O[C@H](CNCCCN)[C@@H](O)[C@H](O)[C@H]1N)OC. The molecule has 0 radical (unpaired) electrons. The Hall–Kier alpha value is -0.360. The van der Waals surface area contributed by atoms with Gasteiger partial charge in [0.1, 0.15) is 24.4 Å². The lowest BCUT2D eigenvalue weighted by Crippen LogP contribution is -2.63. The fourth-order valence-electron chi connectivity index (χ4n) is 4.74. The molecule has 0 aromatic heterocycles. The molecule has 1 fully saturated rings. The monoisotopic (exact) mass is 547 g/mol. The Morgan fingerprint density at radius 1 is 0.816 bits per heavy atom. The molecule has 9 heteroatoms. The third kappa shape index (κ3) is 16.7. The van der Waals surface area contributed by atoms with Crippen LogP contribution in [0.1, 0.15) is 103 Å². The number of nitrogens with one attached hydrogen (secondary N) is 1. The number of aliphatic hydroxyl groups excluding tert-OH is 2. The van der Waals surface area contributed by atoms with Gasteiger partial charge in [0.2, 0.25) is 0 Å². The summed E-state index contributed by atoms with van der Waals surface area (Å²) in [4.78, 5) is 0. The number of methoxy groups -OCH3 is 1. The predicted molar refractivity (Wildman–Crippen MR) is 153 cm³/mol. The van der Waals surface area contributed by atoms with Gasteiger partial charge in [-0.2, -0.15) is 0 Å². The molecule has 0 aromatic rings. The molecule has 9 nitrogen and oxygen atoms in total. The summed E-state index contributed by atoms with van der Waals surface area (Å²) in [6, 6.07) is -0.848. The van der Waals surface area contributed by atoms with Crippen molar-refractivity contribution in [1.82, 2.24) is 5.32 Å². The van der Waals surface area contributed by atoms with Gasteiger partial charge in [-0.05, 0) is 25.9 Å². The molecule has 0 spiro atoms. The zero-order chi connectivity index (χ0) is 27.8. The Morgan fingerprint density at radius 2 is 1.39 bits per heavy atom. The molecule has 1 aliphatic rings. The lowest BCUT2D eigenvalue weighted by molar-refractivity contribution is -0.264. The van der Waals surface area contributed by atoms with Crippen molar-refractivity contribution in [3.05, 3.63) is 0 Å². The molecule has 38 heavy (non-hydrogen) atoms. The van der Waals surface area contributed by atoms with Crippen molar-refractivity contribution in [3.8, 4) is 0 Å². The minimum atomic E-state index is -1.13. The summed E-state index contributed by atoms with van der Waals surface area (Å²) in [7, 11) is 1.62. The highest BCUT2D eigenvalue weighted by atomic mass is 16.7. The number of ether oxygens (including phenoxy) is 4. The van der Waals surface area contributed by atoms with E-state index < -0.39 is 30.6 Å². The number of hydrogen-bond donors (Lipinski definition) is 5. The number of unbranched alkanes of at least 4 members (excludes halogenated alkanes) is 13. The standard InChI is InChI=1S/C29H61N3O6/c1-3-4-5-6-7-8-9-10-11-12-13-14-15-16-20-36-22-24(35-2)23-37-29-26(31)28(34)27(33)25(38-29)21-32-19-17-18-30/h24-29,32-34H,3-23,30-31H2,1-2H3/t24-,25-,26-,27-,28-,29-/m1/s1. The van der Waals surface area contributed by atoms with Crippen LogP contribution in [-0.4, -0.2) is 93.5 Å². The molecular formula is C29H61N3O6. The Labute approximate surface area is 232 Å². The minimum Gasteiger partial charge on any atom is -0.388 e. The first-order chi connectivity index (χ1) is 18.5. The van der Waals surface area contributed by atoms with E-state index in [0.717, 1.165) is 12.8 Å². The first kappa shape index (κ1) is 35.7. The zero-order valence-corrected chi connectivity index (χ0v) is 24.5. The molecule has 6 atom stereocenters. The van der Waals surface area contributed by atoms with E-state index >= 15 is 0 Å². The molecule has 0 aliphatic carbocycles. The van der Waals surface area contributed by atoms with Crippen LogP contribution in [0.4, 0.5) is 0 Å². The molecule has 228 valence electrons. The van der Waals surface area contributed by atoms with Crippen LogP contribution in [-0.2, 0) is 18.9 Å². The highest BCUT2D eigenvalue weighted by Gasteiger charge is 2.43. The van der Waals surface area contributed by atoms with Crippen molar-refractivity contribution in [2.75, 3.05) is 46.6 Å². The molecule has 7 N–H and O–H groups in total. The smallest absolute Gasteiger partial charge is 0.175 e. The summed E-state index contributed by atoms with van der Waals surface area (Å²) in [5, 5.41) is 23.8. The first-order valence-corrected chi connectivity index (χ1v) is 15.4. The number of nitrogens with two attached hydrogens (primary N) is 2. The van der Waals surface area contributed by atoms with Gasteiger partial charge in [-0.3, -0.25) is 0 Å². The summed E-state index contributed by atoms with van der Waals surface area (Å²) >= 11 is 0. The Balaban J connectivity index is 2.06. The molecule has 1 rings (SSSR count). The molecule has 1 aliphatic heterocycles. The summed E-state index contributed by atoms with van der Waals surface area (Å²) in [5.74, 6) is 0. The molecule has 0 saturated carbocycles. The minimum absolute atomic E-state index is 0.226. The normalized spacial score (nSPS) is 24.6. The van der Waals surface area contributed by atoms with Gasteiger partial charge < -0.3 is 45.9 Å². The molecule has 1 saturated heterocycles. The lowest BCUT2D eigenvalue weighted by Gasteiger charge is -2.41. The van der Waals surface area contributed by atoms with Crippen molar-refractivity contribution in [2.24, 2.45) is 11.5 Å². The topological polar surface area (TPSA) is 141 Å². The van der Waals surface area contributed by atoms with Gasteiger partial charge in [0, 0.05) is 20.3 Å². The van der Waals surface area contributed by atoms with E-state index in [1.54, 1.807) is 7.11 Å². The molecule has 1 heterocycles. The number of hydrogen-bond acceptors (Lipinski definition) is 9. The van der Waals surface area contributed by atoms with Crippen LogP contribution in [0.25, 0.3) is 0 Å². The second kappa shape index (κ2) is 24.4. The second-order valence-electron chi connectivity index (χ2n) is 10.8. The quantitative estimate of drug-likeness (QED) is 0.103. The Kier molecular flexibility index (Phi) is 22.9. The maximum absolute atomic E-state index is 10.3. The maximum Gasteiger partial charge on any atom is 0.175 e. The highest BCUT2D eigenvalue weighted by molar-refractivity contribution is 4.92. The highest BCUT2D eigenvalue weighted by Crippen LogP contribution is 2.21. The van der Waals surface area contributed by atoms with Crippen molar-refractivity contribution >= 4 is 0 Å². The first-order valence-electron chi connectivity index (χ1n) is 15.4. The lowest BCUT2D eigenvalue weighted by atomic mass is 9.97. The molecule has 0 amide bonds. The van der Waals surface area contributed by atoms with Crippen LogP contribution < -0.4 is 16.8 Å². The predicted octanol–water partition coefficient (Wildman–Crippen LogP) is 3.23. The molecule has 0 unspecified atom stereocenters. The van der Waals surface area contributed by atoms with E-state index in [-0.39, 0.29) is 12.7 Å². The maximum atomic E-state index is 10.3. The Bertz CT molecular complexity index is 519. The molecule has 0 aromatic carbocycles. The van der Waals surface area contributed by atoms with Crippen molar-refractivity contribution in [3.63, 3.8) is 0 Å². The number of aliphatic hydroxyl groups is 2. The van der Waals surface area contributed by atoms with E-state index in [1.165, 1.54) is 83.5 Å². The summed E-state index contributed by atoms with van der Waals surface area (Å²) < 4.78 is 23.0. The van der Waals surface area contributed by atoms with Crippen LogP contribution in [0.2, 0.25) is 0 Å². The van der Waals surface area contributed by atoms with Gasteiger partial charge in [0.15, 0.2) is 6.29 Å². The Morgan fingerprint density at radius 3 is 1.95 bits per heavy atom. The van der Waals surface area contributed by atoms with Crippen LogP contribution in [0.15, 0.2) is 0 Å². The van der Waals surface area contributed by atoms with Crippen LogP contribution in [0, 0.1) is 0 Å². The van der Waals surface area contributed by atoms with E-state index in [1.807, 2.05) is 0 Å². The van der Waals surface area contributed by atoms with E-state index in [4.69, 9.17) is 30.4 Å². The van der Waals surface area contributed by atoms with Gasteiger partial charge in [0.25, 0.3) is 0 Å². The van der Waals surface area contributed by atoms with E-state index in [2.05, 4.69) is 12.2 Å².